The van der Waals surface area contributed by atoms with Crippen molar-refractivity contribution in [3.05, 3.63) is 107 Å². The van der Waals surface area contributed by atoms with Gasteiger partial charge in [0.15, 0.2) is 0 Å². The molecule has 0 spiro atoms. The van der Waals surface area contributed by atoms with Crippen LogP contribution in [0.15, 0.2) is 84.9 Å². The second-order valence-corrected chi connectivity index (χ2v) is 18.7. The van der Waals surface area contributed by atoms with E-state index < -0.39 is 16.7 Å². The van der Waals surface area contributed by atoms with E-state index in [9.17, 15) is 0 Å². The van der Waals surface area contributed by atoms with Crippen LogP contribution in [0.1, 0.15) is 77.6 Å². The van der Waals surface area contributed by atoms with Crippen LogP contribution in [0, 0.1) is 0 Å². The summed E-state index contributed by atoms with van der Waals surface area (Å²) in [6.45, 7) is 23.6. The molecule has 207 valence electrons. The first kappa shape index (κ1) is 28.8. The second-order valence-electron chi connectivity index (χ2n) is 14.0. The molecule has 0 atom stereocenters. The molecule has 4 aromatic rings. The molecule has 40 heavy (non-hydrogen) atoms. The fraction of sp³-hybridized carbons (Fsp3) is 0.351. The number of benzene rings is 4. The van der Waals surface area contributed by atoms with E-state index in [1.165, 1.54) is 43.4 Å². The first-order valence-corrected chi connectivity index (χ1v) is 18.3. The van der Waals surface area contributed by atoms with Crippen molar-refractivity contribution in [3.8, 4) is 11.5 Å². The molecule has 5 rings (SSSR count). The maximum Gasteiger partial charge on any atom is 0.139 e. The van der Waals surface area contributed by atoms with Crippen molar-refractivity contribution < 1.29 is 4.74 Å². The Morgan fingerprint density at radius 1 is 0.625 bits per heavy atom. The van der Waals surface area contributed by atoms with Gasteiger partial charge in [-0.2, -0.15) is 0 Å². The zero-order valence-electron chi connectivity index (χ0n) is 25.9. The zero-order valence-corrected chi connectivity index (χ0v) is 27.8. The summed E-state index contributed by atoms with van der Waals surface area (Å²) in [6.07, 6.45) is 0. The molecule has 1 aliphatic heterocycles. The molecule has 1 aliphatic rings. The number of hydrogen-bond donors (Lipinski definition) is 0. The molecule has 1 radical (unpaired) electrons. The average Bonchev–Trinajstić information content (AvgIpc) is 2.88. The summed E-state index contributed by atoms with van der Waals surface area (Å²) in [5, 5.41) is 5.42. The highest BCUT2D eigenvalue weighted by atomic mass is 31.1. The van der Waals surface area contributed by atoms with E-state index in [1.54, 1.807) is 0 Å². The lowest BCUT2D eigenvalue weighted by Crippen LogP contribution is -2.36. The molecule has 0 aliphatic carbocycles. The summed E-state index contributed by atoms with van der Waals surface area (Å²) in [4.78, 5) is 0. The summed E-state index contributed by atoms with van der Waals surface area (Å²) in [5.41, 5.74) is 5.29. The normalized spacial score (nSPS) is 14.6. The Morgan fingerprint density at radius 3 is 1.52 bits per heavy atom. The highest BCUT2D eigenvalue weighted by molar-refractivity contribution is 7.80. The Bertz CT molecular complexity index is 1480. The Morgan fingerprint density at radius 2 is 1.07 bits per heavy atom. The van der Waals surface area contributed by atoms with Gasteiger partial charge in [-0.25, -0.2) is 0 Å². The fourth-order valence-corrected chi connectivity index (χ4v) is 9.14. The summed E-state index contributed by atoms with van der Waals surface area (Å²) in [7, 11) is -1.59. The first-order chi connectivity index (χ1) is 18.7. The van der Waals surface area contributed by atoms with Gasteiger partial charge in [-0.05, 0) is 51.7 Å². The minimum atomic E-state index is -0.821. The van der Waals surface area contributed by atoms with Crippen molar-refractivity contribution in [3.63, 3.8) is 0 Å². The Kier molecular flexibility index (Phi) is 7.43. The van der Waals surface area contributed by atoms with Gasteiger partial charge in [-0.15, -0.1) is 0 Å². The van der Waals surface area contributed by atoms with Gasteiger partial charge in [-0.3, -0.25) is 0 Å². The average molecular weight is 564 g/mol. The lowest BCUT2D eigenvalue weighted by atomic mass is 9.72. The minimum absolute atomic E-state index is 0.00986. The van der Waals surface area contributed by atoms with Crippen LogP contribution >= 0.6 is 7.92 Å². The fourth-order valence-electron chi connectivity index (χ4n) is 5.62. The number of hydrogen-bond acceptors (Lipinski definition) is 1. The predicted octanol–water partition coefficient (Wildman–Crippen LogP) is 8.43. The number of fused-ring (bicyclic) bond motifs is 2. The lowest BCUT2D eigenvalue weighted by molar-refractivity contribution is 0.421. The Hall–Kier alpha value is -2.67. The molecule has 0 saturated heterocycles. The molecule has 0 bridgehead atoms. The quantitative estimate of drug-likeness (QED) is 0.179. The molecule has 0 saturated carbocycles. The molecule has 1 nitrogen and oxygen atoms in total. The maximum atomic E-state index is 7.24. The van der Waals surface area contributed by atoms with Crippen LogP contribution < -0.4 is 25.8 Å². The molecule has 4 aromatic carbocycles. The van der Waals surface area contributed by atoms with Crippen LogP contribution in [0.25, 0.3) is 0 Å². The topological polar surface area (TPSA) is 9.23 Å². The van der Waals surface area contributed by atoms with Crippen molar-refractivity contribution in [2.75, 3.05) is 0 Å². The third-order valence-corrected chi connectivity index (χ3v) is 12.1. The molecule has 0 unspecified atom stereocenters. The van der Waals surface area contributed by atoms with Crippen molar-refractivity contribution in [2.45, 2.75) is 84.7 Å². The predicted molar refractivity (Wildman–Crippen MR) is 178 cm³/mol. The van der Waals surface area contributed by atoms with E-state index in [0.717, 1.165) is 11.5 Å². The number of ether oxygens (including phenoxy) is 1. The lowest BCUT2D eigenvalue weighted by Gasteiger charge is -2.40. The van der Waals surface area contributed by atoms with Gasteiger partial charge in [0, 0.05) is 21.8 Å². The molecule has 0 amide bonds. The van der Waals surface area contributed by atoms with Crippen LogP contribution in [0.3, 0.4) is 0 Å². The monoisotopic (exact) mass is 563 g/mol. The SMILES string of the molecule is C[Si](C)c1cc(C(C)(C)C)cc2c1Oc1c(P(c3ccccc3)c3ccccc3)cc(C(C)(C)C)cc1C2(C)C. The van der Waals surface area contributed by atoms with Crippen LogP contribution in [-0.2, 0) is 16.2 Å². The van der Waals surface area contributed by atoms with Gasteiger partial charge < -0.3 is 4.74 Å². The van der Waals surface area contributed by atoms with Gasteiger partial charge in [0.25, 0.3) is 0 Å². The van der Waals surface area contributed by atoms with E-state index in [0.29, 0.717) is 0 Å². The Labute approximate surface area is 245 Å². The number of rotatable bonds is 4. The molecular weight excluding hydrogens is 519 g/mol. The second kappa shape index (κ2) is 10.3. The highest BCUT2D eigenvalue weighted by Gasteiger charge is 2.40. The third kappa shape index (κ3) is 5.22. The van der Waals surface area contributed by atoms with Crippen molar-refractivity contribution in [2.24, 2.45) is 0 Å². The van der Waals surface area contributed by atoms with Gasteiger partial charge in [0.1, 0.15) is 11.5 Å². The van der Waals surface area contributed by atoms with Crippen molar-refractivity contribution >= 4 is 37.8 Å². The van der Waals surface area contributed by atoms with Gasteiger partial charge in [0.05, 0.1) is 8.80 Å². The van der Waals surface area contributed by atoms with Crippen LogP contribution in [0.4, 0.5) is 0 Å². The highest BCUT2D eigenvalue weighted by Crippen LogP contribution is 2.52. The summed E-state index contributed by atoms with van der Waals surface area (Å²) >= 11 is 0. The molecular formula is C37H44OPSi. The third-order valence-electron chi connectivity index (χ3n) is 8.25. The molecule has 0 fully saturated rings. The van der Waals surface area contributed by atoms with Gasteiger partial charge in [-0.1, -0.05) is 147 Å². The van der Waals surface area contributed by atoms with Gasteiger partial charge in [0.2, 0.25) is 0 Å². The summed E-state index contributed by atoms with van der Waals surface area (Å²) in [6, 6.07) is 31.8. The van der Waals surface area contributed by atoms with Gasteiger partial charge >= 0.3 is 0 Å². The first-order valence-electron chi connectivity index (χ1n) is 14.5. The van der Waals surface area contributed by atoms with E-state index in [4.69, 9.17) is 4.74 Å². The van der Waals surface area contributed by atoms with Crippen molar-refractivity contribution in [1.82, 2.24) is 0 Å². The van der Waals surface area contributed by atoms with E-state index in [2.05, 4.69) is 153 Å². The standard InChI is InChI=1S/C37H44OPSi/c1-35(2,3)25-21-29-33(31(23-25)39(27-17-13-11-14-18-27)28-19-15-12-16-20-28)38-34-30(37(29,7)8)22-26(36(4,5)6)24-32(34)40(9)10/h11-24H,1-10H3. The van der Waals surface area contributed by atoms with E-state index in [1.807, 2.05) is 0 Å². The molecule has 1 heterocycles. The zero-order chi connectivity index (χ0) is 29.0. The van der Waals surface area contributed by atoms with E-state index >= 15 is 0 Å². The molecule has 0 N–H and O–H groups in total. The molecule has 3 heteroatoms. The maximum absolute atomic E-state index is 7.24. The minimum Gasteiger partial charge on any atom is -0.456 e. The van der Waals surface area contributed by atoms with Crippen molar-refractivity contribution in [1.29, 1.82) is 0 Å². The van der Waals surface area contributed by atoms with Crippen LogP contribution in [-0.4, -0.2) is 8.80 Å². The van der Waals surface area contributed by atoms with Crippen LogP contribution in [0.5, 0.6) is 11.5 Å². The largest absolute Gasteiger partial charge is 0.456 e. The van der Waals surface area contributed by atoms with Crippen LogP contribution in [0.2, 0.25) is 13.1 Å². The summed E-state index contributed by atoms with van der Waals surface area (Å²) in [5.74, 6) is 2.17. The smallest absolute Gasteiger partial charge is 0.139 e. The summed E-state index contributed by atoms with van der Waals surface area (Å²) < 4.78 is 7.24. The Balaban J connectivity index is 1.86. The van der Waals surface area contributed by atoms with E-state index in [-0.39, 0.29) is 16.2 Å². The molecule has 0 aromatic heterocycles.